The quantitative estimate of drug-likeness (QED) is 0.629. The third-order valence-electron chi connectivity index (χ3n) is 4.59. The second-order valence-electron chi connectivity index (χ2n) is 6.35. The minimum atomic E-state index is -4.56. The predicted octanol–water partition coefficient (Wildman–Crippen LogP) is 1.82. The van der Waals surface area contributed by atoms with Gasteiger partial charge < -0.3 is 15.0 Å². The summed E-state index contributed by atoms with van der Waals surface area (Å²) < 4.78 is 45.4. The summed E-state index contributed by atoms with van der Waals surface area (Å²) in [5.74, 6) is -1.34. The van der Waals surface area contributed by atoms with Crippen molar-refractivity contribution in [3.8, 4) is 0 Å². The molecular formula is C16H18F3N3O4. The lowest BCUT2D eigenvalue weighted by Crippen LogP contribution is -2.36. The van der Waals surface area contributed by atoms with E-state index in [-0.39, 0.29) is 18.5 Å². The molecule has 2 fully saturated rings. The topological polar surface area (TPSA) is 84.7 Å². The molecule has 1 aliphatic heterocycles. The first-order valence-electron chi connectivity index (χ1n) is 8.21. The smallest absolute Gasteiger partial charge is 0.378 e. The molecule has 1 N–H and O–H groups in total. The molecule has 0 bridgehead atoms. The first-order valence-corrected chi connectivity index (χ1v) is 8.21. The molecule has 1 aliphatic carbocycles. The van der Waals surface area contributed by atoms with E-state index in [2.05, 4.69) is 5.32 Å². The number of benzene rings is 1. The van der Waals surface area contributed by atoms with Gasteiger partial charge in [-0.2, -0.15) is 13.2 Å². The maximum Gasteiger partial charge on any atom is 0.416 e. The first-order chi connectivity index (χ1) is 12.3. The highest BCUT2D eigenvalue weighted by atomic mass is 19.4. The van der Waals surface area contributed by atoms with Gasteiger partial charge >= 0.3 is 6.18 Å². The van der Waals surface area contributed by atoms with Crippen LogP contribution in [0.2, 0.25) is 0 Å². The molecule has 10 heteroatoms. The molecule has 2 aliphatic rings. The maximum absolute atomic E-state index is 13.4. The molecule has 1 saturated heterocycles. The molecular weight excluding hydrogens is 355 g/mol. The Bertz CT molecular complexity index is 704. The van der Waals surface area contributed by atoms with Crippen molar-refractivity contribution in [3.63, 3.8) is 0 Å². The zero-order valence-electron chi connectivity index (χ0n) is 13.8. The molecule has 1 amide bonds. The van der Waals surface area contributed by atoms with Crippen molar-refractivity contribution in [2.24, 2.45) is 5.92 Å². The summed E-state index contributed by atoms with van der Waals surface area (Å²) in [6, 6.07) is 3.06. The molecule has 1 aromatic rings. The van der Waals surface area contributed by atoms with Crippen LogP contribution in [0.3, 0.4) is 0 Å². The van der Waals surface area contributed by atoms with E-state index in [4.69, 9.17) is 4.74 Å². The Morgan fingerprint density at radius 3 is 2.62 bits per heavy atom. The highest BCUT2D eigenvalue weighted by Crippen LogP contribution is 2.36. The third kappa shape index (κ3) is 4.06. The van der Waals surface area contributed by atoms with Crippen LogP contribution in [-0.2, 0) is 22.3 Å². The number of ether oxygens (including phenoxy) is 1. The molecule has 1 aromatic carbocycles. The van der Waals surface area contributed by atoms with E-state index in [9.17, 15) is 28.1 Å². The highest BCUT2D eigenvalue weighted by molar-refractivity contribution is 5.82. The van der Waals surface area contributed by atoms with E-state index in [1.54, 1.807) is 6.07 Å². The van der Waals surface area contributed by atoms with Gasteiger partial charge in [-0.25, -0.2) is 0 Å². The minimum Gasteiger partial charge on any atom is -0.378 e. The Labute approximate surface area is 147 Å². The van der Waals surface area contributed by atoms with Crippen LogP contribution in [0, 0.1) is 16.0 Å². The standard InChI is InChI=1S/C16H18F3N3O4/c17-16(18,19)13-7-11(21-3-5-26-6-4-21)2-1-10(13)9-20-15(23)12-8-14(12)22(24)25/h1-2,7,12,14H,3-6,8-9H2,(H,20,23)/t12-,14-/m1/s1. The molecule has 1 saturated carbocycles. The lowest BCUT2D eigenvalue weighted by Gasteiger charge is -2.29. The Hall–Kier alpha value is -2.36. The molecule has 7 nitrogen and oxygen atoms in total. The van der Waals surface area contributed by atoms with Crippen LogP contribution in [0.4, 0.5) is 18.9 Å². The third-order valence-corrected chi connectivity index (χ3v) is 4.59. The summed E-state index contributed by atoms with van der Waals surface area (Å²) in [5, 5.41) is 13.0. The Balaban J connectivity index is 1.72. The van der Waals surface area contributed by atoms with Gasteiger partial charge in [0, 0.05) is 36.7 Å². The second-order valence-corrected chi connectivity index (χ2v) is 6.35. The van der Waals surface area contributed by atoms with Gasteiger partial charge in [0.25, 0.3) is 0 Å². The summed E-state index contributed by atoms with van der Waals surface area (Å²) in [6.07, 6.45) is -4.44. The van der Waals surface area contributed by atoms with Crippen molar-refractivity contribution in [1.29, 1.82) is 0 Å². The Morgan fingerprint density at radius 1 is 1.35 bits per heavy atom. The lowest BCUT2D eigenvalue weighted by molar-refractivity contribution is -0.497. The van der Waals surface area contributed by atoms with Crippen LogP contribution < -0.4 is 10.2 Å². The van der Waals surface area contributed by atoms with Gasteiger partial charge in [-0.3, -0.25) is 14.9 Å². The van der Waals surface area contributed by atoms with E-state index < -0.39 is 34.5 Å². The van der Waals surface area contributed by atoms with Crippen LogP contribution in [0.25, 0.3) is 0 Å². The van der Waals surface area contributed by atoms with Crippen molar-refractivity contribution >= 4 is 11.6 Å². The van der Waals surface area contributed by atoms with Crippen molar-refractivity contribution in [2.45, 2.75) is 25.2 Å². The van der Waals surface area contributed by atoms with Crippen LogP contribution in [0.5, 0.6) is 0 Å². The van der Waals surface area contributed by atoms with Crippen molar-refractivity contribution < 1.29 is 27.6 Å². The zero-order chi connectivity index (χ0) is 18.9. The number of hydrogen-bond donors (Lipinski definition) is 1. The van der Waals surface area contributed by atoms with E-state index in [1.807, 2.05) is 4.90 Å². The van der Waals surface area contributed by atoms with Gasteiger partial charge in [0.05, 0.1) is 18.8 Å². The summed E-state index contributed by atoms with van der Waals surface area (Å²) in [5.41, 5.74) is -0.434. The van der Waals surface area contributed by atoms with Gasteiger partial charge in [-0.1, -0.05) is 6.07 Å². The number of halogens is 3. The van der Waals surface area contributed by atoms with Crippen molar-refractivity contribution in [2.75, 3.05) is 31.2 Å². The summed E-state index contributed by atoms with van der Waals surface area (Å²) in [7, 11) is 0. The average Bonchev–Trinajstić information content (AvgIpc) is 3.40. The van der Waals surface area contributed by atoms with Gasteiger partial charge in [0.15, 0.2) is 0 Å². The zero-order valence-corrected chi connectivity index (χ0v) is 13.8. The molecule has 3 rings (SSSR count). The van der Waals surface area contributed by atoms with Crippen LogP contribution in [0.15, 0.2) is 18.2 Å². The number of carbonyl (C=O) groups excluding carboxylic acids is 1. The molecule has 0 radical (unpaired) electrons. The number of morpholine rings is 1. The Morgan fingerprint density at radius 2 is 2.04 bits per heavy atom. The number of carbonyl (C=O) groups is 1. The lowest BCUT2D eigenvalue weighted by atomic mass is 10.0. The van der Waals surface area contributed by atoms with Crippen molar-refractivity contribution in [3.05, 3.63) is 39.4 Å². The number of hydrogen-bond acceptors (Lipinski definition) is 5. The molecule has 2 atom stereocenters. The van der Waals surface area contributed by atoms with E-state index in [0.717, 1.165) is 6.07 Å². The van der Waals surface area contributed by atoms with Gasteiger partial charge in [0.1, 0.15) is 5.92 Å². The van der Waals surface area contributed by atoms with E-state index >= 15 is 0 Å². The molecule has 142 valence electrons. The van der Waals surface area contributed by atoms with Gasteiger partial charge in [0.2, 0.25) is 11.9 Å². The number of nitro groups is 1. The fourth-order valence-electron chi connectivity index (χ4n) is 3.01. The predicted molar refractivity (Wildman–Crippen MR) is 85.2 cm³/mol. The number of nitrogens with one attached hydrogen (secondary N) is 1. The van der Waals surface area contributed by atoms with Crippen LogP contribution in [0.1, 0.15) is 17.5 Å². The molecule has 1 heterocycles. The fourth-order valence-corrected chi connectivity index (χ4v) is 3.01. The van der Waals surface area contributed by atoms with Crippen LogP contribution >= 0.6 is 0 Å². The number of nitrogens with zero attached hydrogens (tertiary/aromatic N) is 2. The minimum absolute atomic E-state index is 0.0684. The molecule has 0 aromatic heterocycles. The maximum atomic E-state index is 13.4. The summed E-state index contributed by atoms with van der Waals surface area (Å²) in [6.45, 7) is 1.61. The van der Waals surface area contributed by atoms with Gasteiger partial charge in [-0.15, -0.1) is 0 Å². The molecule has 0 spiro atoms. The molecule has 26 heavy (non-hydrogen) atoms. The van der Waals surface area contributed by atoms with E-state index in [1.165, 1.54) is 6.07 Å². The monoisotopic (exact) mass is 373 g/mol. The number of alkyl halides is 3. The largest absolute Gasteiger partial charge is 0.416 e. The average molecular weight is 373 g/mol. The fraction of sp³-hybridized carbons (Fsp3) is 0.562. The first kappa shape index (κ1) is 18.4. The van der Waals surface area contributed by atoms with Gasteiger partial charge in [-0.05, 0) is 17.7 Å². The highest BCUT2D eigenvalue weighted by Gasteiger charge is 2.53. The van der Waals surface area contributed by atoms with Crippen LogP contribution in [-0.4, -0.2) is 43.2 Å². The normalized spacial score (nSPS) is 22.8. The SMILES string of the molecule is O=C(NCc1ccc(N2CCOCC2)cc1C(F)(F)F)[C@@H]1C[C@H]1[N+](=O)[O-]. The van der Waals surface area contributed by atoms with Crippen molar-refractivity contribution in [1.82, 2.24) is 5.32 Å². The number of rotatable bonds is 5. The number of anilines is 1. The summed E-state index contributed by atoms with van der Waals surface area (Å²) in [4.78, 5) is 23.7. The molecule has 0 unspecified atom stereocenters. The second kappa shape index (κ2) is 7.10. The Kier molecular flexibility index (Phi) is 5.03. The summed E-state index contributed by atoms with van der Waals surface area (Å²) >= 11 is 0. The number of amides is 1. The van der Waals surface area contributed by atoms with E-state index in [0.29, 0.717) is 32.0 Å².